The van der Waals surface area contributed by atoms with E-state index in [4.69, 9.17) is 14.2 Å². The zero-order valence-corrected chi connectivity index (χ0v) is 18.2. The first kappa shape index (κ1) is 22.3. The number of rotatable bonds is 9. The van der Waals surface area contributed by atoms with Gasteiger partial charge in [0.15, 0.2) is 18.0 Å². The maximum Gasteiger partial charge on any atom is 0.275 e. The van der Waals surface area contributed by atoms with Crippen LogP contribution in [-0.2, 0) is 11.3 Å². The van der Waals surface area contributed by atoms with Gasteiger partial charge in [-0.1, -0.05) is 13.8 Å². The van der Waals surface area contributed by atoms with Crippen LogP contribution in [0.1, 0.15) is 26.3 Å². The van der Waals surface area contributed by atoms with Crippen molar-refractivity contribution in [1.82, 2.24) is 5.32 Å². The number of carbonyl (C=O) groups excluding carboxylic acids is 1. The highest BCUT2D eigenvalue weighted by atomic mass is 16.5. The van der Waals surface area contributed by atoms with Gasteiger partial charge in [-0.2, -0.15) is 0 Å². The first-order chi connectivity index (χ1) is 13.4. The number of quaternary nitrogens is 2. The van der Waals surface area contributed by atoms with E-state index in [1.807, 2.05) is 12.1 Å². The number of benzene rings is 1. The Bertz CT molecular complexity index is 643. The highest BCUT2D eigenvalue weighted by Crippen LogP contribution is 2.39. The molecule has 7 heteroatoms. The number of hydrogen-bond donors (Lipinski definition) is 3. The minimum Gasteiger partial charge on any atom is -0.493 e. The summed E-state index contributed by atoms with van der Waals surface area (Å²) < 4.78 is 16.5. The minimum atomic E-state index is 0.154. The van der Waals surface area contributed by atoms with Gasteiger partial charge in [-0.25, -0.2) is 0 Å². The molecule has 28 heavy (non-hydrogen) atoms. The summed E-state index contributed by atoms with van der Waals surface area (Å²) in [7, 11) is 4.92. The van der Waals surface area contributed by atoms with Gasteiger partial charge in [0.25, 0.3) is 5.91 Å². The number of methoxy groups -OCH3 is 3. The van der Waals surface area contributed by atoms with Gasteiger partial charge in [0.05, 0.1) is 26.9 Å². The molecule has 1 atom stereocenters. The Morgan fingerprint density at radius 1 is 0.964 bits per heavy atom. The molecule has 0 spiro atoms. The lowest BCUT2D eigenvalue weighted by Gasteiger charge is -2.30. The van der Waals surface area contributed by atoms with E-state index in [2.05, 4.69) is 26.1 Å². The Morgan fingerprint density at radius 2 is 1.57 bits per heavy atom. The molecule has 1 saturated heterocycles. The topological polar surface area (TPSA) is 65.7 Å². The monoisotopic (exact) mass is 395 g/mol. The molecule has 1 fully saturated rings. The lowest BCUT2D eigenvalue weighted by Crippen LogP contribution is -3.28. The van der Waals surface area contributed by atoms with E-state index in [1.54, 1.807) is 21.3 Å². The molecule has 1 amide bonds. The summed E-state index contributed by atoms with van der Waals surface area (Å²) in [6, 6.07) is 4.20. The van der Waals surface area contributed by atoms with E-state index in [1.165, 1.54) is 9.80 Å². The van der Waals surface area contributed by atoms with E-state index < -0.39 is 0 Å². The van der Waals surface area contributed by atoms with Gasteiger partial charge < -0.3 is 29.3 Å². The fourth-order valence-corrected chi connectivity index (χ4v) is 3.58. The van der Waals surface area contributed by atoms with Crippen LogP contribution >= 0.6 is 0 Å². The van der Waals surface area contributed by atoms with Crippen LogP contribution in [0.25, 0.3) is 0 Å². The van der Waals surface area contributed by atoms with Crippen molar-refractivity contribution in [3.8, 4) is 17.2 Å². The third kappa shape index (κ3) is 5.75. The van der Waals surface area contributed by atoms with Crippen LogP contribution < -0.4 is 29.3 Å². The van der Waals surface area contributed by atoms with Crippen molar-refractivity contribution >= 4 is 5.91 Å². The maximum absolute atomic E-state index is 12.2. The molecule has 7 nitrogen and oxygen atoms in total. The average molecular weight is 396 g/mol. The first-order valence-corrected chi connectivity index (χ1v) is 10.1. The highest BCUT2D eigenvalue weighted by molar-refractivity contribution is 5.77. The van der Waals surface area contributed by atoms with Crippen LogP contribution in [-0.4, -0.2) is 66.0 Å². The van der Waals surface area contributed by atoms with Crippen LogP contribution in [0.5, 0.6) is 17.2 Å². The van der Waals surface area contributed by atoms with Crippen molar-refractivity contribution in [2.45, 2.75) is 33.4 Å². The third-order valence-electron chi connectivity index (χ3n) is 5.69. The molecule has 0 aromatic heterocycles. The molecule has 0 unspecified atom stereocenters. The summed E-state index contributed by atoms with van der Waals surface area (Å²) in [4.78, 5) is 15.1. The summed E-state index contributed by atoms with van der Waals surface area (Å²) in [5.41, 5.74) is 1.11. The minimum absolute atomic E-state index is 0.154. The average Bonchev–Trinajstić information content (AvgIpc) is 2.68. The second kappa shape index (κ2) is 10.5. The predicted molar refractivity (Wildman–Crippen MR) is 109 cm³/mol. The fourth-order valence-electron chi connectivity index (χ4n) is 3.58. The molecule has 0 radical (unpaired) electrons. The Hall–Kier alpha value is -1.99. The molecule has 0 aliphatic carbocycles. The van der Waals surface area contributed by atoms with Crippen molar-refractivity contribution in [2.24, 2.45) is 5.92 Å². The van der Waals surface area contributed by atoms with E-state index in [0.717, 1.165) is 44.0 Å². The number of hydrogen-bond acceptors (Lipinski definition) is 4. The van der Waals surface area contributed by atoms with E-state index in [9.17, 15) is 4.79 Å². The molecule has 0 bridgehead atoms. The third-order valence-corrected chi connectivity index (χ3v) is 5.69. The Morgan fingerprint density at radius 3 is 2.11 bits per heavy atom. The Kier molecular flexibility index (Phi) is 8.38. The van der Waals surface area contributed by atoms with Crippen LogP contribution in [0.2, 0.25) is 0 Å². The summed E-state index contributed by atoms with van der Waals surface area (Å²) in [5, 5.41) is 3.11. The van der Waals surface area contributed by atoms with Crippen LogP contribution in [0.15, 0.2) is 12.1 Å². The van der Waals surface area contributed by atoms with Crippen molar-refractivity contribution in [2.75, 3.05) is 54.1 Å². The molecule has 1 aliphatic rings. The van der Waals surface area contributed by atoms with Gasteiger partial charge in [0.1, 0.15) is 32.7 Å². The first-order valence-electron chi connectivity index (χ1n) is 10.1. The number of carbonyl (C=O) groups is 1. The summed E-state index contributed by atoms with van der Waals surface area (Å²) in [5.74, 6) is 2.67. The second-order valence-electron chi connectivity index (χ2n) is 7.95. The predicted octanol–water partition coefficient (Wildman–Crippen LogP) is -0.843. The lowest BCUT2D eigenvalue weighted by atomic mass is 10.1. The van der Waals surface area contributed by atoms with Gasteiger partial charge in [0.2, 0.25) is 5.75 Å². The van der Waals surface area contributed by atoms with Crippen molar-refractivity contribution < 1.29 is 28.8 Å². The summed E-state index contributed by atoms with van der Waals surface area (Å²) >= 11 is 0. The van der Waals surface area contributed by atoms with Crippen LogP contribution in [0.3, 0.4) is 0 Å². The number of ether oxygens (including phenoxy) is 3. The van der Waals surface area contributed by atoms with E-state index >= 15 is 0 Å². The standard InChI is InChI=1S/C21H35N3O4/c1-15(2)16(3)22-19(25)14-24-11-9-23(10-12-24)13-17-7-8-18(26-4)21(28-6)20(17)27-5/h7-8,15-16H,9-14H2,1-6H3,(H,22,25)/p+2/t16-/m1/s1. The molecule has 1 heterocycles. The maximum atomic E-state index is 12.2. The van der Waals surface area contributed by atoms with Gasteiger partial charge in [0, 0.05) is 6.04 Å². The molecule has 1 aliphatic heterocycles. The molecule has 158 valence electrons. The van der Waals surface area contributed by atoms with Crippen LogP contribution in [0.4, 0.5) is 0 Å². The van der Waals surface area contributed by atoms with E-state index in [-0.39, 0.29) is 11.9 Å². The summed E-state index contributed by atoms with van der Waals surface area (Å²) in [6.45, 7) is 11.8. The fraction of sp³-hybridized carbons (Fsp3) is 0.667. The van der Waals surface area contributed by atoms with Gasteiger partial charge in [-0.3, -0.25) is 4.79 Å². The number of amides is 1. The molecule has 0 saturated carbocycles. The molecular weight excluding hydrogens is 358 g/mol. The van der Waals surface area contributed by atoms with Crippen LogP contribution in [0, 0.1) is 5.92 Å². The second-order valence-corrected chi connectivity index (χ2v) is 7.95. The lowest BCUT2D eigenvalue weighted by molar-refractivity contribution is -1.02. The largest absolute Gasteiger partial charge is 0.493 e. The molecule has 3 N–H and O–H groups in total. The van der Waals surface area contributed by atoms with Gasteiger partial charge in [-0.05, 0) is 25.0 Å². The van der Waals surface area contributed by atoms with Gasteiger partial charge >= 0.3 is 0 Å². The quantitative estimate of drug-likeness (QED) is 0.510. The SMILES string of the molecule is COc1ccc(C[NH+]2CC[NH+](CC(=O)N[C@H](C)C(C)C)CC2)c(OC)c1OC. The van der Waals surface area contributed by atoms with Crippen molar-refractivity contribution in [1.29, 1.82) is 0 Å². The molecule has 2 rings (SSSR count). The summed E-state index contributed by atoms with van der Waals surface area (Å²) in [6.07, 6.45) is 0. The van der Waals surface area contributed by atoms with Crippen molar-refractivity contribution in [3.05, 3.63) is 17.7 Å². The zero-order valence-electron chi connectivity index (χ0n) is 18.2. The number of nitrogens with one attached hydrogen (secondary N) is 3. The smallest absolute Gasteiger partial charge is 0.275 e. The molecular formula is C21H37N3O4+2. The molecule has 1 aromatic rings. The van der Waals surface area contributed by atoms with Crippen molar-refractivity contribution in [3.63, 3.8) is 0 Å². The zero-order chi connectivity index (χ0) is 20.7. The number of piperazine rings is 1. The normalized spacial score (nSPS) is 20.5. The van der Waals surface area contributed by atoms with Gasteiger partial charge in [-0.15, -0.1) is 0 Å². The Balaban J connectivity index is 1.90. The highest BCUT2D eigenvalue weighted by Gasteiger charge is 2.27. The van der Waals surface area contributed by atoms with E-state index in [0.29, 0.717) is 24.0 Å². The molecule has 1 aromatic carbocycles. The Labute approximate surface area is 168 Å².